The number of carbonyl (C=O) groups is 5. The van der Waals surface area contributed by atoms with Crippen LogP contribution in [0.25, 0.3) is 0 Å². The minimum absolute atomic E-state index is 0.0116. The number of hydrogen-bond donors (Lipinski definition) is 2. The van der Waals surface area contributed by atoms with Gasteiger partial charge >= 0.3 is 12.0 Å². The summed E-state index contributed by atoms with van der Waals surface area (Å²) in [6.45, 7) is 4.14. The molecule has 4 rings (SSSR count). The molecule has 5 amide bonds. The first kappa shape index (κ1) is 40.2. The maximum absolute atomic E-state index is 13.7. The van der Waals surface area contributed by atoms with Crippen LogP contribution in [0.5, 0.6) is 5.75 Å². The second kappa shape index (κ2) is 18.3. The third-order valence-corrected chi connectivity index (χ3v) is 8.00. The van der Waals surface area contributed by atoms with Gasteiger partial charge in [-0.1, -0.05) is 59.6 Å². The molecule has 278 valence electrons. The lowest BCUT2D eigenvalue weighted by Crippen LogP contribution is -2.46. The summed E-state index contributed by atoms with van der Waals surface area (Å²) in [5.74, 6) is -1.55. The van der Waals surface area contributed by atoms with Crippen LogP contribution < -0.4 is 30.1 Å². The van der Waals surface area contributed by atoms with E-state index in [4.69, 9.17) is 32.7 Å². The maximum atomic E-state index is 13.7. The van der Waals surface area contributed by atoms with Crippen molar-refractivity contribution in [1.82, 2.24) is 5.32 Å². The van der Waals surface area contributed by atoms with Gasteiger partial charge in [-0.15, -0.1) is 0 Å². The summed E-state index contributed by atoms with van der Waals surface area (Å²) >= 11 is 12.2. The number of likely N-dealkylation sites (N-methyl/N-ethyl adjacent to an activating group) is 2. The number of halogens is 2. The van der Waals surface area contributed by atoms with Gasteiger partial charge in [0, 0.05) is 53.0 Å². The van der Waals surface area contributed by atoms with Crippen molar-refractivity contribution in [1.29, 1.82) is 0 Å². The second-order valence-corrected chi connectivity index (χ2v) is 13.8. The lowest BCUT2D eigenvalue weighted by atomic mass is 10.1. The fraction of sp³-hybridized carbons (Fsp3) is 0.256. The molecule has 0 aromatic heterocycles. The molecule has 0 spiro atoms. The average molecular weight is 763 g/mol. The molecule has 4 aromatic rings. The molecule has 0 unspecified atom stereocenters. The Morgan fingerprint density at radius 3 is 2.02 bits per heavy atom. The van der Waals surface area contributed by atoms with Crippen LogP contribution in [0.2, 0.25) is 10.0 Å². The van der Waals surface area contributed by atoms with E-state index in [0.29, 0.717) is 38.4 Å². The molecule has 2 N–H and O–H groups in total. The van der Waals surface area contributed by atoms with E-state index in [1.807, 2.05) is 6.07 Å². The third-order valence-electron chi connectivity index (χ3n) is 7.57. The second-order valence-electron chi connectivity index (χ2n) is 12.9. The van der Waals surface area contributed by atoms with Gasteiger partial charge in [0.2, 0.25) is 11.8 Å². The molecule has 0 aliphatic carbocycles. The third kappa shape index (κ3) is 12.5. The fourth-order valence-corrected chi connectivity index (χ4v) is 5.46. The summed E-state index contributed by atoms with van der Waals surface area (Å²) in [6.07, 6.45) is 0.0116. The molecule has 12 nitrogen and oxygen atoms in total. The Kier molecular flexibility index (Phi) is 13.8. The van der Waals surface area contributed by atoms with Crippen molar-refractivity contribution in [3.05, 3.63) is 113 Å². The molecular formula is C39H41Cl2N5O7. The Morgan fingerprint density at radius 2 is 1.34 bits per heavy atom. The molecule has 4 aromatic carbocycles. The molecule has 0 fully saturated rings. The van der Waals surface area contributed by atoms with Crippen LogP contribution in [0.1, 0.15) is 26.3 Å². The molecule has 0 saturated carbocycles. The fourth-order valence-electron chi connectivity index (χ4n) is 4.95. The normalized spacial score (nSPS) is 10.8. The molecule has 0 aliphatic heterocycles. The van der Waals surface area contributed by atoms with Crippen molar-refractivity contribution < 1.29 is 33.4 Å². The van der Waals surface area contributed by atoms with Crippen molar-refractivity contribution in [2.45, 2.75) is 32.8 Å². The van der Waals surface area contributed by atoms with E-state index in [9.17, 15) is 24.0 Å². The highest BCUT2D eigenvalue weighted by atomic mass is 35.5. The van der Waals surface area contributed by atoms with Gasteiger partial charge in [0.25, 0.3) is 5.91 Å². The van der Waals surface area contributed by atoms with E-state index >= 15 is 0 Å². The zero-order valence-electron chi connectivity index (χ0n) is 30.0. The average Bonchev–Trinajstić information content (AvgIpc) is 3.10. The number of esters is 1. The summed E-state index contributed by atoms with van der Waals surface area (Å²) in [5.41, 5.74) is 1.79. The van der Waals surface area contributed by atoms with Gasteiger partial charge in [-0.3, -0.25) is 19.2 Å². The molecule has 53 heavy (non-hydrogen) atoms. The predicted molar refractivity (Wildman–Crippen MR) is 207 cm³/mol. The molecule has 0 atom stereocenters. The highest BCUT2D eigenvalue weighted by Crippen LogP contribution is 2.26. The monoisotopic (exact) mass is 761 g/mol. The SMILES string of the molecule is CN(C(=O)COc1cccc(N(CC(=O)N(C)c2ccccc2)C(=O)CNC(=O)Nc2cccc(CC(=O)OC(C)(C)C)c2)c1)c1cc(Cl)cc(Cl)c1. The van der Waals surface area contributed by atoms with Gasteiger partial charge in [-0.25, -0.2) is 4.79 Å². The van der Waals surface area contributed by atoms with Gasteiger partial charge in [-0.05, 0) is 80.9 Å². The van der Waals surface area contributed by atoms with Crippen LogP contribution in [-0.2, 0) is 30.3 Å². The van der Waals surface area contributed by atoms with Crippen LogP contribution in [0.4, 0.5) is 27.5 Å². The lowest BCUT2D eigenvalue weighted by molar-refractivity contribution is -0.154. The molecule has 0 aliphatic rings. The van der Waals surface area contributed by atoms with E-state index in [2.05, 4.69) is 10.6 Å². The van der Waals surface area contributed by atoms with Crippen LogP contribution in [-0.4, -0.2) is 69.1 Å². The largest absolute Gasteiger partial charge is 0.484 e. The number of hydrogen-bond acceptors (Lipinski definition) is 7. The minimum atomic E-state index is -0.679. The predicted octanol–water partition coefficient (Wildman–Crippen LogP) is 6.74. The van der Waals surface area contributed by atoms with Gasteiger partial charge in [0.15, 0.2) is 6.61 Å². The number of carbonyl (C=O) groups excluding carboxylic acids is 5. The first-order valence-corrected chi connectivity index (χ1v) is 17.3. The quantitative estimate of drug-likeness (QED) is 0.144. The van der Waals surface area contributed by atoms with Gasteiger partial charge < -0.3 is 34.8 Å². The number of rotatable bonds is 13. The van der Waals surface area contributed by atoms with Crippen LogP contribution in [0.15, 0.2) is 97.1 Å². The lowest BCUT2D eigenvalue weighted by Gasteiger charge is -2.26. The van der Waals surface area contributed by atoms with Crippen molar-refractivity contribution in [2.24, 2.45) is 0 Å². The first-order valence-electron chi connectivity index (χ1n) is 16.5. The number of benzene rings is 4. The highest BCUT2D eigenvalue weighted by molar-refractivity contribution is 6.35. The number of ether oxygens (including phenoxy) is 2. The van der Waals surface area contributed by atoms with Crippen LogP contribution in [0.3, 0.4) is 0 Å². The van der Waals surface area contributed by atoms with Crippen molar-refractivity contribution in [3.8, 4) is 5.75 Å². The molecule has 14 heteroatoms. The van der Waals surface area contributed by atoms with Crippen LogP contribution in [0, 0.1) is 0 Å². The topological polar surface area (TPSA) is 138 Å². The summed E-state index contributed by atoms with van der Waals surface area (Å²) in [4.78, 5) is 69.3. The Morgan fingerprint density at radius 1 is 0.698 bits per heavy atom. The van der Waals surface area contributed by atoms with E-state index in [1.165, 1.54) is 20.8 Å². The minimum Gasteiger partial charge on any atom is -0.484 e. The number of amides is 5. The highest BCUT2D eigenvalue weighted by Gasteiger charge is 2.24. The van der Waals surface area contributed by atoms with Crippen molar-refractivity contribution in [2.75, 3.05) is 53.8 Å². The Hall–Kier alpha value is -5.59. The number of nitrogens with one attached hydrogen (secondary N) is 2. The van der Waals surface area contributed by atoms with Gasteiger partial charge in [0.05, 0.1) is 13.0 Å². The zero-order valence-corrected chi connectivity index (χ0v) is 31.5. The molecule has 0 heterocycles. The summed E-state index contributed by atoms with van der Waals surface area (Å²) in [5, 5.41) is 5.94. The number of anilines is 4. The molecule has 0 radical (unpaired) electrons. The van der Waals surface area contributed by atoms with E-state index in [0.717, 1.165) is 0 Å². The molecule has 0 saturated heterocycles. The van der Waals surface area contributed by atoms with Crippen molar-refractivity contribution in [3.63, 3.8) is 0 Å². The summed E-state index contributed by atoms with van der Waals surface area (Å²) in [6, 6.07) is 26.0. The zero-order chi connectivity index (χ0) is 38.7. The molecular weight excluding hydrogens is 721 g/mol. The van der Waals surface area contributed by atoms with E-state index in [1.54, 1.807) is 120 Å². The molecule has 0 bridgehead atoms. The van der Waals surface area contributed by atoms with E-state index in [-0.39, 0.29) is 25.3 Å². The Labute approximate surface area is 318 Å². The van der Waals surface area contributed by atoms with Crippen molar-refractivity contribution >= 4 is 75.7 Å². The van der Waals surface area contributed by atoms with Gasteiger partial charge in [0.1, 0.15) is 17.9 Å². The smallest absolute Gasteiger partial charge is 0.319 e. The van der Waals surface area contributed by atoms with Gasteiger partial charge in [-0.2, -0.15) is 0 Å². The first-order chi connectivity index (χ1) is 25.1. The Balaban J connectivity index is 1.45. The number of urea groups is 1. The maximum Gasteiger partial charge on any atom is 0.319 e. The standard InChI is InChI=1S/C39H41Cl2N5O7/c1-39(2,3)53-37(50)18-26-11-9-12-29(17-26)43-38(51)42-23-34(47)46(24-35(48)44(4)30-13-7-6-8-14-30)31-15-10-16-33(22-31)52-25-36(49)45(5)32-20-27(40)19-28(41)21-32/h6-17,19-22H,18,23-25H2,1-5H3,(H2,42,43,51). The number of nitrogens with zero attached hydrogens (tertiary/aromatic N) is 3. The van der Waals surface area contributed by atoms with E-state index < -0.39 is 41.9 Å². The van der Waals surface area contributed by atoms with Crippen LogP contribution >= 0.6 is 23.2 Å². The summed E-state index contributed by atoms with van der Waals surface area (Å²) in [7, 11) is 3.15. The summed E-state index contributed by atoms with van der Waals surface area (Å²) < 4.78 is 11.2. The Bertz CT molecular complexity index is 1930. The number of para-hydroxylation sites is 1.